The number of aromatic nitrogens is 3. The van der Waals surface area contributed by atoms with Gasteiger partial charge in [0.1, 0.15) is 5.56 Å². The number of ether oxygens (including phenoxy) is 1. The number of aliphatic hydroxyl groups is 1. The molecule has 5 rings (SSSR count). The molecule has 0 atom stereocenters. The topological polar surface area (TPSA) is 147 Å². The second-order valence-electron chi connectivity index (χ2n) is 10.4. The number of halogens is 2. The lowest BCUT2D eigenvalue weighted by atomic mass is 9.91. The van der Waals surface area contributed by atoms with Crippen LogP contribution in [0.4, 0.5) is 5.69 Å². The molecule has 1 amide bonds. The van der Waals surface area contributed by atoms with Gasteiger partial charge in [-0.05, 0) is 31.0 Å². The number of carboxylic acids is 1. The largest absolute Gasteiger partial charge is 0.481 e. The summed E-state index contributed by atoms with van der Waals surface area (Å²) in [7, 11) is 2.98. The lowest BCUT2D eigenvalue weighted by Crippen LogP contribution is -2.49. The summed E-state index contributed by atoms with van der Waals surface area (Å²) in [6.45, 7) is 1.31. The second-order valence-corrected chi connectivity index (χ2v) is 11.2. The highest BCUT2D eigenvalue weighted by Gasteiger charge is 2.39. The molecule has 1 aliphatic heterocycles. The van der Waals surface area contributed by atoms with Crippen LogP contribution in [0.15, 0.2) is 65.6 Å². The number of amides is 1. The third kappa shape index (κ3) is 6.18. The molecule has 2 aromatic carbocycles. The highest BCUT2D eigenvalue weighted by Crippen LogP contribution is 2.41. The molecule has 11 nitrogen and oxygen atoms in total. The zero-order chi connectivity index (χ0) is 31.6. The monoisotopic (exact) mass is 637 g/mol. The average molecular weight is 639 g/mol. The molecule has 13 heteroatoms. The Hall–Kier alpha value is -4.29. The van der Waals surface area contributed by atoms with Gasteiger partial charge in [0.25, 0.3) is 11.5 Å². The molecule has 1 saturated heterocycles. The van der Waals surface area contributed by atoms with Crippen LogP contribution < -0.4 is 15.6 Å². The number of anilines is 1. The zero-order valence-corrected chi connectivity index (χ0v) is 25.4. The van der Waals surface area contributed by atoms with Gasteiger partial charge in [-0.3, -0.25) is 14.5 Å². The molecule has 0 radical (unpaired) electrons. The molecule has 2 aromatic heterocycles. The first kappa shape index (κ1) is 31.1. The van der Waals surface area contributed by atoms with E-state index in [0.717, 1.165) is 10.2 Å². The number of hydrogen-bond acceptors (Lipinski definition) is 8. The Morgan fingerprint density at radius 2 is 1.66 bits per heavy atom. The highest BCUT2D eigenvalue weighted by molar-refractivity contribution is 6.39. The van der Waals surface area contributed by atoms with E-state index in [1.165, 1.54) is 26.4 Å². The summed E-state index contributed by atoms with van der Waals surface area (Å²) in [6.07, 6.45) is 1.63. The van der Waals surface area contributed by atoms with Gasteiger partial charge in [-0.1, -0.05) is 59.6 Å². The first-order valence-corrected chi connectivity index (χ1v) is 14.4. The zero-order valence-electron chi connectivity index (χ0n) is 23.9. The molecule has 0 bridgehead atoms. The maximum absolute atomic E-state index is 12.9. The highest BCUT2D eigenvalue weighted by atomic mass is 35.5. The first-order valence-electron chi connectivity index (χ1n) is 13.7. The number of piperidine rings is 1. The Balaban J connectivity index is 1.40. The minimum atomic E-state index is -1.70. The van der Waals surface area contributed by atoms with Crippen molar-refractivity contribution < 1.29 is 24.5 Å². The molecular formula is C31H29Cl2N5O6. The Morgan fingerprint density at radius 3 is 2.34 bits per heavy atom. The molecule has 1 aliphatic rings. The van der Waals surface area contributed by atoms with Gasteiger partial charge < -0.3 is 20.3 Å². The SMILES string of the molecule is COc1nc(-c2cccc(-c3cccc(NC(=O)c4ccnn(C)c4=O)c3Cl)c2Cl)ccc1CN1CCC(O)(C(=O)O)CC1. The van der Waals surface area contributed by atoms with Gasteiger partial charge >= 0.3 is 5.97 Å². The number of aliphatic carboxylic acids is 1. The fourth-order valence-electron chi connectivity index (χ4n) is 5.09. The standard InChI is InChI=1S/C31H29Cl2N5O6/c1-37-29(40)22(11-14-34-37)27(39)35-24-8-4-6-20(26(24)33)19-5-3-7-21(25(19)32)23-10-9-18(28(36-23)44-2)17-38-15-12-31(43,13-16-38)30(41)42/h3-11,14,43H,12-13,15-17H2,1-2H3,(H,35,39)(H,41,42). The van der Waals surface area contributed by atoms with Crippen LogP contribution >= 0.6 is 23.2 Å². The molecule has 3 heterocycles. The van der Waals surface area contributed by atoms with Crippen molar-refractivity contribution in [1.29, 1.82) is 0 Å². The van der Waals surface area contributed by atoms with E-state index in [2.05, 4.69) is 10.4 Å². The summed E-state index contributed by atoms with van der Waals surface area (Å²) in [4.78, 5) is 43.3. The van der Waals surface area contributed by atoms with Crippen LogP contribution in [0.1, 0.15) is 28.8 Å². The number of benzene rings is 2. The molecule has 0 unspecified atom stereocenters. The van der Waals surface area contributed by atoms with Crippen molar-refractivity contribution in [1.82, 2.24) is 19.7 Å². The number of pyridine rings is 1. The Labute approximate surface area is 262 Å². The van der Waals surface area contributed by atoms with Crippen LogP contribution in [0, 0.1) is 0 Å². The lowest BCUT2D eigenvalue weighted by molar-refractivity contribution is -0.163. The van der Waals surface area contributed by atoms with Crippen LogP contribution in [0.2, 0.25) is 10.0 Å². The predicted molar refractivity (Wildman–Crippen MR) is 166 cm³/mol. The Kier molecular flexibility index (Phi) is 9.02. The summed E-state index contributed by atoms with van der Waals surface area (Å²) >= 11 is 13.7. The van der Waals surface area contributed by atoms with E-state index < -0.39 is 23.0 Å². The Morgan fingerprint density at radius 1 is 1.00 bits per heavy atom. The van der Waals surface area contributed by atoms with Crippen LogP contribution in [0.5, 0.6) is 5.88 Å². The fraction of sp³-hybridized carbons (Fsp3) is 0.258. The van der Waals surface area contributed by atoms with E-state index in [4.69, 9.17) is 32.9 Å². The third-order valence-electron chi connectivity index (χ3n) is 7.67. The van der Waals surface area contributed by atoms with Crippen molar-refractivity contribution in [3.8, 4) is 28.3 Å². The fourth-order valence-corrected chi connectivity index (χ4v) is 5.69. The van der Waals surface area contributed by atoms with Crippen molar-refractivity contribution in [2.75, 3.05) is 25.5 Å². The van der Waals surface area contributed by atoms with E-state index in [1.54, 1.807) is 24.3 Å². The number of likely N-dealkylation sites (tertiary alicyclic amines) is 1. The molecule has 1 fully saturated rings. The van der Waals surface area contributed by atoms with Gasteiger partial charge in [0.05, 0.1) is 28.5 Å². The van der Waals surface area contributed by atoms with Crippen molar-refractivity contribution >= 4 is 40.8 Å². The van der Waals surface area contributed by atoms with Crippen molar-refractivity contribution in [2.24, 2.45) is 7.05 Å². The first-order chi connectivity index (χ1) is 21.0. The maximum atomic E-state index is 12.9. The number of methoxy groups -OCH3 is 1. The quantitative estimate of drug-likeness (QED) is 0.254. The number of hydrogen-bond donors (Lipinski definition) is 3. The normalized spacial score (nSPS) is 14.7. The van der Waals surface area contributed by atoms with Gasteiger partial charge in [0.15, 0.2) is 5.60 Å². The number of carbonyl (C=O) groups excluding carboxylic acids is 1. The van der Waals surface area contributed by atoms with Gasteiger partial charge in [-0.15, -0.1) is 0 Å². The van der Waals surface area contributed by atoms with E-state index in [1.807, 2.05) is 29.2 Å². The summed E-state index contributed by atoms with van der Waals surface area (Å²) in [5.74, 6) is -1.42. The molecule has 0 aliphatic carbocycles. The van der Waals surface area contributed by atoms with Crippen LogP contribution in [0.3, 0.4) is 0 Å². The molecule has 0 saturated carbocycles. The maximum Gasteiger partial charge on any atom is 0.335 e. The Bertz CT molecular complexity index is 1800. The molecule has 4 aromatic rings. The molecule has 44 heavy (non-hydrogen) atoms. The average Bonchev–Trinajstić information content (AvgIpc) is 3.01. The summed E-state index contributed by atoms with van der Waals surface area (Å²) in [5, 5.41) is 26.7. The predicted octanol–water partition coefficient (Wildman–Crippen LogP) is 4.49. The molecule has 0 spiro atoms. The molecule has 228 valence electrons. The summed E-state index contributed by atoms with van der Waals surface area (Å²) in [6, 6.07) is 15.6. The molecule has 3 N–H and O–H groups in total. The van der Waals surface area contributed by atoms with Gasteiger partial charge in [0, 0.05) is 55.1 Å². The number of rotatable bonds is 8. The third-order valence-corrected chi connectivity index (χ3v) is 8.48. The number of nitrogens with one attached hydrogen (secondary N) is 1. The number of aryl methyl sites for hydroxylation is 1. The van der Waals surface area contributed by atoms with Crippen molar-refractivity contribution in [3.05, 3.63) is 92.3 Å². The summed E-state index contributed by atoms with van der Waals surface area (Å²) < 4.78 is 6.67. The van der Waals surface area contributed by atoms with Gasteiger partial charge in [-0.25, -0.2) is 14.5 Å². The number of carboxylic acid groups (broad SMARTS) is 1. The van der Waals surface area contributed by atoms with E-state index in [-0.39, 0.29) is 23.4 Å². The van der Waals surface area contributed by atoms with E-state index >= 15 is 0 Å². The molecular weight excluding hydrogens is 609 g/mol. The van der Waals surface area contributed by atoms with Crippen molar-refractivity contribution in [3.63, 3.8) is 0 Å². The number of nitrogens with zero attached hydrogens (tertiary/aromatic N) is 4. The van der Waals surface area contributed by atoms with Crippen LogP contribution in [0.25, 0.3) is 22.4 Å². The minimum Gasteiger partial charge on any atom is -0.481 e. The second kappa shape index (κ2) is 12.7. The van der Waals surface area contributed by atoms with E-state index in [0.29, 0.717) is 58.6 Å². The minimum absolute atomic E-state index is 0.0745. The van der Waals surface area contributed by atoms with Crippen molar-refractivity contribution in [2.45, 2.75) is 25.0 Å². The van der Waals surface area contributed by atoms with Gasteiger partial charge in [0.2, 0.25) is 5.88 Å². The lowest BCUT2D eigenvalue weighted by Gasteiger charge is -2.35. The van der Waals surface area contributed by atoms with E-state index in [9.17, 15) is 24.6 Å². The number of carbonyl (C=O) groups is 2. The summed E-state index contributed by atoms with van der Waals surface area (Å²) in [5.41, 5.74) is 1.16. The van der Waals surface area contributed by atoms with Gasteiger partial charge in [-0.2, -0.15) is 5.10 Å². The van der Waals surface area contributed by atoms with Crippen LogP contribution in [-0.2, 0) is 18.4 Å². The van der Waals surface area contributed by atoms with Crippen LogP contribution in [-0.4, -0.2) is 67.6 Å². The smallest absolute Gasteiger partial charge is 0.335 e.